The molecule has 4 heteroatoms. The first-order valence-electron chi connectivity index (χ1n) is 4.42. The Balaban J connectivity index is 2.47. The normalized spacial score (nSPS) is 9.57. The number of carbonyl (C=O) groups excluding carboxylic acids is 1. The highest BCUT2D eigenvalue weighted by atomic mass is 16.7. The Hall–Kier alpha value is -1.55. The molecule has 76 valence electrons. The molecule has 1 rings (SSSR count). The van der Waals surface area contributed by atoms with Gasteiger partial charge in [0.05, 0.1) is 6.42 Å². The molecule has 14 heavy (non-hydrogen) atoms. The van der Waals surface area contributed by atoms with Crippen molar-refractivity contribution in [2.45, 2.75) is 12.8 Å². The summed E-state index contributed by atoms with van der Waals surface area (Å²) >= 11 is 0. The zero-order chi connectivity index (χ0) is 10.4. The van der Waals surface area contributed by atoms with Crippen LogP contribution in [0.15, 0.2) is 24.3 Å². The third-order valence-electron chi connectivity index (χ3n) is 1.99. The molecular formula is C10H14N2O2. The third-order valence-corrected chi connectivity index (χ3v) is 1.99. The van der Waals surface area contributed by atoms with Crippen LogP contribution >= 0.6 is 0 Å². The minimum absolute atomic E-state index is 0.315. The highest BCUT2D eigenvalue weighted by Gasteiger charge is 2.01. The maximum Gasteiger partial charge on any atom is 0.324 e. The predicted octanol–water partition coefficient (Wildman–Crippen LogP) is 1.08. The van der Waals surface area contributed by atoms with Crippen LogP contribution < -0.4 is 11.2 Å². The van der Waals surface area contributed by atoms with Gasteiger partial charge < -0.3 is 10.2 Å². The molecule has 0 bridgehead atoms. The Morgan fingerprint density at radius 2 is 2.07 bits per heavy atom. The molecule has 0 saturated heterocycles. The van der Waals surface area contributed by atoms with Crippen LogP contribution in [0.5, 0.6) is 0 Å². The van der Waals surface area contributed by atoms with E-state index in [1.807, 2.05) is 31.3 Å². The number of rotatable bonds is 4. The van der Waals surface area contributed by atoms with Crippen molar-refractivity contribution >= 4 is 11.7 Å². The lowest BCUT2D eigenvalue weighted by molar-refractivity contribution is -0.144. The Kier molecular flexibility index (Phi) is 3.94. The number of benzene rings is 1. The lowest BCUT2D eigenvalue weighted by Gasteiger charge is -2.02. The summed E-state index contributed by atoms with van der Waals surface area (Å²) in [5.74, 6) is 4.34. The summed E-state index contributed by atoms with van der Waals surface area (Å²) in [6.45, 7) is 0. The highest BCUT2D eigenvalue weighted by Crippen LogP contribution is 2.10. The van der Waals surface area contributed by atoms with Crippen LogP contribution in [0.1, 0.15) is 12.0 Å². The van der Waals surface area contributed by atoms with Gasteiger partial charge in [0, 0.05) is 12.7 Å². The Morgan fingerprint density at radius 1 is 1.43 bits per heavy atom. The summed E-state index contributed by atoms with van der Waals surface area (Å²) in [5.41, 5.74) is 2.14. The van der Waals surface area contributed by atoms with Gasteiger partial charge in [-0.25, -0.2) is 0 Å². The van der Waals surface area contributed by atoms with E-state index < -0.39 is 0 Å². The Labute approximate surface area is 83.0 Å². The average molecular weight is 194 g/mol. The molecule has 0 radical (unpaired) electrons. The largest absolute Gasteiger partial charge is 0.388 e. The zero-order valence-electron chi connectivity index (χ0n) is 8.12. The minimum atomic E-state index is -0.386. The molecule has 0 aromatic heterocycles. The molecule has 0 spiro atoms. The second-order valence-electron chi connectivity index (χ2n) is 2.94. The van der Waals surface area contributed by atoms with Crippen molar-refractivity contribution in [2.75, 3.05) is 12.4 Å². The number of hydrogen-bond donors (Lipinski definition) is 2. The van der Waals surface area contributed by atoms with Crippen LogP contribution in [0.2, 0.25) is 0 Å². The molecule has 0 heterocycles. The van der Waals surface area contributed by atoms with Crippen LogP contribution in [0.25, 0.3) is 0 Å². The van der Waals surface area contributed by atoms with E-state index >= 15 is 0 Å². The van der Waals surface area contributed by atoms with Gasteiger partial charge in [-0.3, -0.25) is 4.79 Å². The predicted molar refractivity (Wildman–Crippen MR) is 54.6 cm³/mol. The van der Waals surface area contributed by atoms with Gasteiger partial charge in [0.1, 0.15) is 0 Å². The summed E-state index contributed by atoms with van der Waals surface area (Å²) < 4.78 is 0. The van der Waals surface area contributed by atoms with Crippen LogP contribution in [0.3, 0.4) is 0 Å². The van der Waals surface area contributed by atoms with Gasteiger partial charge in [-0.2, -0.15) is 5.90 Å². The van der Waals surface area contributed by atoms with Crippen molar-refractivity contribution in [1.82, 2.24) is 0 Å². The van der Waals surface area contributed by atoms with Gasteiger partial charge in [0.25, 0.3) is 0 Å². The Bertz CT molecular complexity index is 295. The number of nitrogens with two attached hydrogens (primary N) is 1. The first-order valence-corrected chi connectivity index (χ1v) is 4.42. The van der Waals surface area contributed by atoms with E-state index in [0.29, 0.717) is 12.8 Å². The maximum atomic E-state index is 10.7. The van der Waals surface area contributed by atoms with Crippen LogP contribution in [-0.2, 0) is 16.1 Å². The molecule has 0 fully saturated rings. The van der Waals surface area contributed by atoms with Gasteiger partial charge in [-0.15, -0.1) is 0 Å². The molecule has 0 saturated carbocycles. The third kappa shape index (κ3) is 3.06. The summed E-state index contributed by atoms with van der Waals surface area (Å²) in [6, 6.07) is 7.86. The van der Waals surface area contributed by atoms with E-state index in [1.54, 1.807) is 0 Å². The van der Waals surface area contributed by atoms with Crippen LogP contribution in [-0.4, -0.2) is 13.0 Å². The van der Waals surface area contributed by atoms with E-state index in [2.05, 4.69) is 10.2 Å². The molecule has 0 aliphatic carbocycles. The van der Waals surface area contributed by atoms with E-state index in [0.717, 1.165) is 11.3 Å². The van der Waals surface area contributed by atoms with Crippen molar-refractivity contribution < 1.29 is 9.63 Å². The number of anilines is 1. The van der Waals surface area contributed by atoms with Crippen molar-refractivity contribution in [2.24, 2.45) is 5.90 Å². The Morgan fingerprint density at radius 3 is 2.57 bits per heavy atom. The van der Waals surface area contributed by atoms with E-state index in [1.165, 1.54) is 0 Å². The SMILES string of the molecule is CNc1ccc(CCC(=O)ON)cc1. The summed E-state index contributed by atoms with van der Waals surface area (Å²) in [5, 5.41) is 3.02. The molecule has 4 nitrogen and oxygen atoms in total. The second-order valence-corrected chi connectivity index (χ2v) is 2.94. The standard InChI is InChI=1S/C10H14N2O2/c1-12-9-5-2-8(3-6-9)4-7-10(13)14-11/h2-3,5-6,12H,4,7,11H2,1H3. The lowest BCUT2D eigenvalue weighted by atomic mass is 10.1. The van der Waals surface area contributed by atoms with E-state index in [9.17, 15) is 4.79 Å². The maximum absolute atomic E-state index is 10.7. The molecule has 3 N–H and O–H groups in total. The fourth-order valence-corrected chi connectivity index (χ4v) is 1.14. The number of aryl methyl sites for hydroxylation is 1. The van der Waals surface area contributed by atoms with Crippen molar-refractivity contribution in [1.29, 1.82) is 0 Å². The molecule has 0 unspecified atom stereocenters. The van der Waals surface area contributed by atoms with Gasteiger partial charge in [-0.05, 0) is 24.1 Å². The topological polar surface area (TPSA) is 64.3 Å². The molecule has 0 aliphatic heterocycles. The van der Waals surface area contributed by atoms with Crippen molar-refractivity contribution in [3.63, 3.8) is 0 Å². The molecular weight excluding hydrogens is 180 g/mol. The number of carbonyl (C=O) groups is 1. The fraction of sp³-hybridized carbons (Fsp3) is 0.300. The lowest BCUT2D eigenvalue weighted by Crippen LogP contribution is -2.10. The summed E-state index contributed by atoms with van der Waals surface area (Å²) in [4.78, 5) is 14.8. The van der Waals surface area contributed by atoms with Crippen LogP contribution in [0.4, 0.5) is 5.69 Å². The second kappa shape index (κ2) is 5.24. The molecule has 1 aromatic rings. The number of nitrogens with one attached hydrogen (secondary N) is 1. The van der Waals surface area contributed by atoms with E-state index in [4.69, 9.17) is 5.90 Å². The van der Waals surface area contributed by atoms with E-state index in [-0.39, 0.29) is 5.97 Å². The van der Waals surface area contributed by atoms with Crippen molar-refractivity contribution in [3.05, 3.63) is 29.8 Å². The molecule has 1 aromatic carbocycles. The fourth-order valence-electron chi connectivity index (χ4n) is 1.14. The molecule has 0 atom stereocenters. The summed E-state index contributed by atoms with van der Waals surface area (Å²) in [6.07, 6.45) is 0.968. The quantitative estimate of drug-likeness (QED) is 0.704. The number of hydrogen-bond acceptors (Lipinski definition) is 4. The minimum Gasteiger partial charge on any atom is -0.388 e. The van der Waals surface area contributed by atoms with Crippen molar-refractivity contribution in [3.8, 4) is 0 Å². The first kappa shape index (κ1) is 10.5. The van der Waals surface area contributed by atoms with Gasteiger partial charge in [0.15, 0.2) is 0 Å². The van der Waals surface area contributed by atoms with Crippen LogP contribution in [0, 0.1) is 0 Å². The first-order chi connectivity index (χ1) is 6.76. The highest BCUT2D eigenvalue weighted by molar-refractivity contribution is 5.69. The smallest absolute Gasteiger partial charge is 0.324 e. The summed E-state index contributed by atoms with van der Waals surface area (Å²) in [7, 11) is 1.86. The monoisotopic (exact) mass is 194 g/mol. The van der Waals surface area contributed by atoms with Gasteiger partial charge in [-0.1, -0.05) is 12.1 Å². The molecule has 0 amide bonds. The zero-order valence-corrected chi connectivity index (χ0v) is 8.12. The average Bonchev–Trinajstić information content (AvgIpc) is 2.26. The van der Waals surface area contributed by atoms with Gasteiger partial charge in [0.2, 0.25) is 0 Å². The van der Waals surface area contributed by atoms with Gasteiger partial charge >= 0.3 is 5.97 Å². The molecule has 0 aliphatic rings.